The van der Waals surface area contributed by atoms with Crippen molar-refractivity contribution in [2.75, 3.05) is 28.8 Å². The van der Waals surface area contributed by atoms with E-state index in [9.17, 15) is 13.2 Å². The van der Waals surface area contributed by atoms with Crippen molar-refractivity contribution < 1.29 is 13.2 Å². The molecule has 0 aliphatic carbocycles. The lowest BCUT2D eigenvalue weighted by molar-refractivity contribution is -0.119. The van der Waals surface area contributed by atoms with Gasteiger partial charge in [0.25, 0.3) is 10.0 Å². The molecule has 1 aliphatic rings. The van der Waals surface area contributed by atoms with E-state index in [1.54, 1.807) is 42.5 Å². The van der Waals surface area contributed by atoms with E-state index in [-0.39, 0.29) is 17.3 Å². The predicted molar refractivity (Wildman–Crippen MR) is 137 cm³/mol. The number of aryl methyl sites for hydroxylation is 1. The van der Waals surface area contributed by atoms with E-state index in [0.717, 1.165) is 24.2 Å². The summed E-state index contributed by atoms with van der Waals surface area (Å²) in [5.41, 5.74) is 3.57. The number of carbonyl (C=O) groups excluding carboxylic acids is 1. The van der Waals surface area contributed by atoms with Crippen molar-refractivity contribution in [3.05, 3.63) is 90.0 Å². The SMILES string of the molecule is CCc1ccccc1N(CC(=O)NCc1ccc(N2CCCC2)cc1)S(=O)(=O)c1ccccc1. The Labute approximate surface area is 202 Å². The molecule has 7 heteroatoms. The molecule has 0 spiro atoms. The van der Waals surface area contributed by atoms with Gasteiger partial charge in [0.05, 0.1) is 10.6 Å². The molecule has 3 aromatic carbocycles. The van der Waals surface area contributed by atoms with Gasteiger partial charge in [0.1, 0.15) is 6.54 Å². The Morgan fingerprint density at radius 1 is 0.912 bits per heavy atom. The second kappa shape index (κ2) is 10.7. The number of sulfonamides is 1. The van der Waals surface area contributed by atoms with Crippen LogP contribution in [-0.2, 0) is 27.8 Å². The van der Waals surface area contributed by atoms with Gasteiger partial charge in [-0.05, 0) is 60.7 Å². The van der Waals surface area contributed by atoms with Gasteiger partial charge in [0.15, 0.2) is 0 Å². The number of nitrogens with zero attached hydrogens (tertiary/aromatic N) is 2. The average molecular weight is 478 g/mol. The molecule has 1 heterocycles. The van der Waals surface area contributed by atoms with Crippen molar-refractivity contribution in [2.45, 2.75) is 37.6 Å². The first-order valence-corrected chi connectivity index (χ1v) is 13.2. The van der Waals surface area contributed by atoms with Crippen LogP contribution in [0.15, 0.2) is 83.8 Å². The maximum absolute atomic E-state index is 13.5. The van der Waals surface area contributed by atoms with Crippen LogP contribution in [0, 0.1) is 0 Å². The molecule has 1 fully saturated rings. The van der Waals surface area contributed by atoms with Gasteiger partial charge in [-0.2, -0.15) is 0 Å². The van der Waals surface area contributed by atoms with Crippen molar-refractivity contribution in [2.24, 2.45) is 0 Å². The van der Waals surface area contributed by atoms with Crippen LogP contribution in [0.1, 0.15) is 30.9 Å². The summed E-state index contributed by atoms with van der Waals surface area (Å²) in [6, 6.07) is 23.7. The molecule has 0 bridgehead atoms. The standard InChI is InChI=1S/C27H31N3O3S/c1-2-23-10-6-7-13-26(23)30(34(32,33)25-11-4-3-5-12-25)21-27(31)28-20-22-14-16-24(17-15-22)29-18-8-9-19-29/h3-7,10-17H,2,8-9,18-21H2,1H3,(H,28,31). The first-order valence-electron chi connectivity index (χ1n) is 11.8. The molecule has 3 aromatic rings. The van der Waals surface area contributed by atoms with Crippen molar-refractivity contribution >= 4 is 27.3 Å². The summed E-state index contributed by atoms with van der Waals surface area (Å²) in [7, 11) is -3.91. The van der Waals surface area contributed by atoms with Gasteiger partial charge < -0.3 is 10.2 Å². The Bertz CT molecular complexity index is 1210. The number of hydrogen-bond donors (Lipinski definition) is 1. The molecule has 0 radical (unpaired) electrons. The highest BCUT2D eigenvalue weighted by Gasteiger charge is 2.28. The number of nitrogens with one attached hydrogen (secondary N) is 1. The maximum Gasteiger partial charge on any atom is 0.264 e. The lowest BCUT2D eigenvalue weighted by Crippen LogP contribution is -2.41. The molecule has 0 aromatic heterocycles. The number of para-hydroxylation sites is 1. The zero-order valence-corrected chi connectivity index (χ0v) is 20.3. The van der Waals surface area contributed by atoms with E-state index >= 15 is 0 Å². The molecule has 6 nitrogen and oxygen atoms in total. The Morgan fingerprint density at radius 3 is 2.24 bits per heavy atom. The van der Waals surface area contributed by atoms with Gasteiger partial charge in [0, 0.05) is 25.3 Å². The van der Waals surface area contributed by atoms with Crippen molar-refractivity contribution in [1.29, 1.82) is 0 Å². The van der Waals surface area contributed by atoms with Crippen LogP contribution in [0.3, 0.4) is 0 Å². The summed E-state index contributed by atoms with van der Waals surface area (Å²) >= 11 is 0. The number of benzene rings is 3. The molecule has 0 unspecified atom stereocenters. The minimum atomic E-state index is -3.91. The second-order valence-electron chi connectivity index (χ2n) is 8.44. The minimum Gasteiger partial charge on any atom is -0.372 e. The van der Waals surface area contributed by atoms with Crippen LogP contribution in [-0.4, -0.2) is 34.0 Å². The van der Waals surface area contributed by atoms with Crippen molar-refractivity contribution in [3.8, 4) is 0 Å². The van der Waals surface area contributed by atoms with Crippen LogP contribution in [0.4, 0.5) is 11.4 Å². The summed E-state index contributed by atoms with van der Waals surface area (Å²) in [5.74, 6) is -0.353. The molecular formula is C27H31N3O3S. The smallest absolute Gasteiger partial charge is 0.264 e. The van der Waals surface area contributed by atoms with E-state index in [4.69, 9.17) is 0 Å². The molecule has 4 rings (SSSR count). The van der Waals surface area contributed by atoms with Gasteiger partial charge in [-0.25, -0.2) is 8.42 Å². The van der Waals surface area contributed by atoms with Crippen LogP contribution in [0.2, 0.25) is 0 Å². The molecule has 34 heavy (non-hydrogen) atoms. The van der Waals surface area contributed by atoms with E-state index in [2.05, 4.69) is 22.3 Å². The summed E-state index contributed by atoms with van der Waals surface area (Å²) < 4.78 is 28.2. The zero-order chi connectivity index (χ0) is 24.0. The van der Waals surface area contributed by atoms with Crippen LogP contribution in [0.25, 0.3) is 0 Å². The van der Waals surface area contributed by atoms with E-state index in [1.807, 2.05) is 31.2 Å². The topological polar surface area (TPSA) is 69.7 Å². The Hall–Kier alpha value is -3.32. The second-order valence-corrected chi connectivity index (χ2v) is 10.3. The zero-order valence-electron chi connectivity index (χ0n) is 19.5. The fraction of sp³-hybridized carbons (Fsp3) is 0.296. The molecule has 1 amide bonds. The van der Waals surface area contributed by atoms with Crippen LogP contribution in [0.5, 0.6) is 0 Å². The highest BCUT2D eigenvalue weighted by molar-refractivity contribution is 7.92. The summed E-state index contributed by atoms with van der Waals surface area (Å²) in [4.78, 5) is 15.4. The van der Waals surface area contributed by atoms with Gasteiger partial charge in [-0.15, -0.1) is 0 Å². The monoisotopic (exact) mass is 477 g/mol. The quantitative estimate of drug-likeness (QED) is 0.497. The number of amides is 1. The van der Waals surface area contributed by atoms with Crippen molar-refractivity contribution in [1.82, 2.24) is 5.32 Å². The first-order chi connectivity index (χ1) is 16.5. The third-order valence-corrected chi connectivity index (χ3v) is 7.93. The highest BCUT2D eigenvalue weighted by atomic mass is 32.2. The molecule has 1 aliphatic heterocycles. The molecule has 1 N–H and O–H groups in total. The average Bonchev–Trinajstić information content (AvgIpc) is 3.42. The van der Waals surface area contributed by atoms with Crippen LogP contribution < -0.4 is 14.5 Å². The molecule has 178 valence electrons. The largest absolute Gasteiger partial charge is 0.372 e. The third kappa shape index (κ3) is 5.42. The Morgan fingerprint density at radius 2 is 1.56 bits per heavy atom. The molecule has 0 saturated carbocycles. The summed E-state index contributed by atoms with van der Waals surface area (Å²) in [6.07, 6.45) is 3.10. The first kappa shape index (κ1) is 23.8. The Kier molecular flexibility index (Phi) is 7.53. The lowest BCUT2D eigenvalue weighted by atomic mass is 10.1. The van der Waals surface area contributed by atoms with Gasteiger partial charge >= 0.3 is 0 Å². The predicted octanol–water partition coefficient (Wildman–Crippen LogP) is 4.36. The summed E-state index contributed by atoms with van der Waals surface area (Å²) in [6.45, 7) is 4.19. The molecule has 1 saturated heterocycles. The van der Waals surface area contributed by atoms with E-state index in [1.165, 1.54) is 22.8 Å². The Balaban J connectivity index is 1.50. The highest BCUT2D eigenvalue weighted by Crippen LogP contribution is 2.27. The molecular weight excluding hydrogens is 446 g/mol. The number of carbonyl (C=O) groups is 1. The number of hydrogen-bond acceptors (Lipinski definition) is 4. The summed E-state index contributed by atoms with van der Waals surface area (Å²) in [5, 5.41) is 2.89. The number of anilines is 2. The van der Waals surface area contributed by atoms with Gasteiger partial charge in [-0.1, -0.05) is 55.5 Å². The lowest BCUT2D eigenvalue weighted by Gasteiger charge is -2.26. The fourth-order valence-corrected chi connectivity index (χ4v) is 5.74. The normalized spacial score (nSPS) is 13.6. The fourth-order valence-electron chi connectivity index (χ4n) is 4.26. The maximum atomic E-state index is 13.5. The van der Waals surface area contributed by atoms with Crippen molar-refractivity contribution in [3.63, 3.8) is 0 Å². The number of rotatable bonds is 9. The third-order valence-electron chi connectivity index (χ3n) is 6.16. The molecule has 0 atom stereocenters. The van der Waals surface area contributed by atoms with Crippen LogP contribution >= 0.6 is 0 Å². The van der Waals surface area contributed by atoms with E-state index < -0.39 is 10.0 Å². The van der Waals surface area contributed by atoms with Gasteiger partial charge in [-0.3, -0.25) is 9.10 Å². The van der Waals surface area contributed by atoms with Gasteiger partial charge in [0.2, 0.25) is 5.91 Å². The van der Waals surface area contributed by atoms with E-state index in [0.29, 0.717) is 18.7 Å². The minimum absolute atomic E-state index is 0.159.